The number of carboxylic acid groups (broad SMARTS) is 1. The number of para-hydroxylation sites is 1. The molecule has 0 aliphatic heterocycles. The number of nitro benzene ring substituents is 1. The van der Waals surface area contributed by atoms with E-state index in [0.29, 0.717) is 50.6 Å². The van der Waals surface area contributed by atoms with Crippen LogP contribution in [0.25, 0.3) is 22.6 Å². The summed E-state index contributed by atoms with van der Waals surface area (Å²) >= 11 is 1.18. The summed E-state index contributed by atoms with van der Waals surface area (Å²) in [5, 5.41) is 30.8. The quantitative estimate of drug-likeness (QED) is 0.299. The molecule has 2 aromatic carbocycles. The second-order valence-electron chi connectivity index (χ2n) is 8.63. The molecule has 0 saturated carbocycles. The molecule has 9 nitrogen and oxygen atoms in total. The molecule has 0 bridgehead atoms. The molecule has 1 N–H and O–H groups in total. The van der Waals surface area contributed by atoms with Gasteiger partial charge in [-0.05, 0) is 65.4 Å². The Morgan fingerprint density at radius 1 is 1.26 bits per heavy atom. The fourth-order valence-electron chi connectivity index (χ4n) is 4.50. The summed E-state index contributed by atoms with van der Waals surface area (Å²) in [6, 6.07) is 12.3. The lowest BCUT2D eigenvalue weighted by atomic mass is 9.80. The Morgan fingerprint density at radius 3 is 2.77 bits per heavy atom. The molecule has 0 radical (unpaired) electrons. The van der Waals surface area contributed by atoms with Crippen LogP contribution in [-0.2, 0) is 13.5 Å². The zero-order valence-corrected chi connectivity index (χ0v) is 19.8. The van der Waals surface area contributed by atoms with Gasteiger partial charge in [0.05, 0.1) is 26.6 Å². The molecule has 1 unspecified atom stereocenters. The van der Waals surface area contributed by atoms with Crippen LogP contribution in [0.1, 0.15) is 40.5 Å². The van der Waals surface area contributed by atoms with Crippen LogP contribution < -0.4 is 0 Å². The molecule has 10 heteroatoms. The first-order valence-electron chi connectivity index (χ1n) is 11.0. The van der Waals surface area contributed by atoms with Gasteiger partial charge in [-0.1, -0.05) is 31.2 Å². The summed E-state index contributed by atoms with van der Waals surface area (Å²) in [6.07, 6.45) is 4.72. The van der Waals surface area contributed by atoms with Crippen molar-refractivity contribution < 1.29 is 14.8 Å². The minimum Gasteiger partial charge on any atom is -0.478 e. The van der Waals surface area contributed by atoms with Crippen LogP contribution in [0.3, 0.4) is 0 Å². The number of carbonyl (C=O) groups is 1. The Balaban J connectivity index is 1.63. The normalized spacial score (nSPS) is 16.4. The second kappa shape index (κ2) is 8.95. The first-order valence-corrected chi connectivity index (χ1v) is 11.8. The van der Waals surface area contributed by atoms with Gasteiger partial charge in [-0.2, -0.15) is 0 Å². The number of hydrogen-bond donors (Lipinski definition) is 1. The maximum atomic E-state index is 12.2. The number of fused-ring (bicyclic) bond motifs is 2. The standard InChI is InChI=1S/C25H21N5O4S/c1-14-9-16(23-18(10-14)22(24(31)32)17-5-3-4-6-19(17)27-23)11-15-7-8-21(20(12-15)30(33)34)35-25-28-26-13-29(25)2/h3-8,11-14H,9-10H2,1-2H3,(H,31,32)/b16-11+. The number of pyridine rings is 1. The lowest BCUT2D eigenvalue weighted by molar-refractivity contribution is -0.387. The molecule has 5 rings (SSSR count). The summed E-state index contributed by atoms with van der Waals surface area (Å²) in [5.74, 6) is -0.773. The zero-order chi connectivity index (χ0) is 24.7. The van der Waals surface area contributed by atoms with Gasteiger partial charge in [0.1, 0.15) is 6.33 Å². The van der Waals surface area contributed by atoms with Crippen LogP contribution in [0.4, 0.5) is 5.69 Å². The minimum atomic E-state index is -0.978. The van der Waals surface area contributed by atoms with Gasteiger partial charge in [0.25, 0.3) is 5.69 Å². The van der Waals surface area contributed by atoms with Gasteiger partial charge in [0.15, 0.2) is 5.16 Å². The molecule has 1 aliphatic carbocycles. The number of aromatic nitrogens is 4. The molecule has 35 heavy (non-hydrogen) atoms. The number of aryl methyl sites for hydroxylation is 1. The molecular formula is C25H21N5O4S. The van der Waals surface area contributed by atoms with E-state index in [-0.39, 0.29) is 17.2 Å². The van der Waals surface area contributed by atoms with Crippen molar-refractivity contribution in [1.82, 2.24) is 19.7 Å². The highest BCUT2D eigenvalue weighted by atomic mass is 32.2. The summed E-state index contributed by atoms with van der Waals surface area (Å²) in [5.41, 5.74) is 3.75. The van der Waals surface area contributed by atoms with Gasteiger partial charge in [-0.15, -0.1) is 10.2 Å². The molecule has 0 fully saturated rings. The lowest BCUT2D eigenvalue weighted by Crippen LogP contribution is -2.17. The smallest absolute Gasteiger partial charge is 0.336 e. The van der Waals surface area contributed by atoms with Crippen molar-refractivity contribution in [3.8, 4) is 0 Å². The van der Waals surface area contributed by atoms with Crippen LogP contribution in [0, 0.1) is 16.0 Å². The Labute approximate surface area is 204 Å². The summed E-state index contributed by atoms with van der Waals surface area (Å²) in [6.45, 7) is 2.07. The van der Waals surface area contributed by atoms with Crippen molar-refractivity contribution >= 4 is 46.0 Å². The largest absolute Gasteiger partial charge is 0.478 e. The predicted octanol–water partition coefficient (Wildman–Crippen LogP) is 5.24. The van der Waals surface area contributed by atoms with Crippen molar-refractivity contribution in [2.75, 3.05) is 0 Å². The van der Waals surface area contributed by atoms with E-state index in [1.807, 2.05) is 24.3 Å². The molecular weight excluding hydrogens is 466 g/mol. The van der Waals surface area contributed by atoms with Crippen LogP contribution in [0.5, 0.6) is 0 Å². The summed E-state index contributed by atoms with van der Waals surface area (Å²) in [7, 11) is 1.77. The number of carboxylic acids is 1. The topological polar surface area (TPSA) is 124 Å². The monoisotopic (exact) mass is 487 g/mol. The highest BCUT2D eigenvalue weighted by Crippen LogP contribution is 2.40. The van der Waals surface area contributed by atoms with Crippen LogP contribution in [0.2, 0.25) is 0 Å². The molecule has 4 aromatic rings. The minimum absolute atomic E-state index is 0.0332. The number of nitrogens with zero attached hydrogens (tertiary/aromatic N) is 5. The Hall–Kier alpha value is -4.05. The fraction of sp³-hybridized carbons (Fsp3) is 0.200. The average molecular weight is 488 g/mol. The van der Waals surface area contributed by atoms with Crippen molar-refractivity contribution in [3.63, 3.8) is 0 Å². The first kappa shape index (κ1) is 22.7. The van der Waals surface area contributed by atoms with E-state index >= 15 is 0 Å². The molecule has 0 spiro atoms. The van der Waals surface area contributed by atoms with E-state index in [1.54, 1.807) is 29.8 Å². The highest BCUT2D eigenvalue weighted by Gasteiger charge is 2.28. The van der Waals surface area contributed by atoms with E-state index in [4.69, 9.17) is 4.98 Å². The van der Waals surface area contributed by atoms with Gasteiger partial charge < -0.3 is 9.67 Å². The van der Waals surface area contributed by atoms with Gasteiger partial charge in [0.2, 0.25) is 0 Å². The van der Waals surface area contributed by atoms with Crippen molar-refractivity contribution in [2.45, 2.75) is 29.8 Å². The molecule has 176 valence electrons. The fourth-order valence-corrected chi connectivity index (χ4v) is 5.35. The van der Waals surface area contributed by atoms with Crippen molar-refractivity contribution in [3.05, 3.63) is 81.3 Å². The molecule has 0 amide bonds. The molecule has 2 heterocycles. The second-order valence-corrected chi connectivity index (χ2v) is 9.64. The van der Waals surface area contributed by atoms with Crippen LogP contribution >= 0.6 is 11.8 Å². The Bertz CT molecular complexity index is 1530. The number of hydrogen-bond acceptors (Lipinski definition) is 7. The number of nitro groups is 1. The maximum absolute atomic E-state index is 12.2. The van der Waals surface area contributed by atoms with Gasteiger partial charge in [-0.25, -0.2) is 9.78 Å². The number of rotatable bonds is 5. The van der Waals surface area contributed by atoms with E-state index in [9.17, 15) is 20.0 Å². The first-order chi connectivity index (χ1) is 16.8. The lowest BCUT2D eigenvalue weighted by Gasteiger charge is -2.26. The SMILES string of the molecule is CC1C/C(=C\c2ccc(Sc3nncn3C)c([N+](=O)[O-])c2)c2nc3ccccc3c(C(=O)O)c2C1. The third-order valence-corrected chi connectivity index (χ3v) is 7.14. The van der Waals surface area contributed by atoms with Gasteiger partial charge in [0, 0.05) is 18.5 Å². The Morgan fingerprint density at radius 2 is 2.06 bits per heavy atom. The molecule has 2 aromatic heterocycles. The highest BCUT2D eigenvalue weighted by molar-refractivity contribution is 7.99. The predicted molar refractivity (Wildman–Crippen MR) is 132 cm³/mol. The number of benzene rings is 2. The number of aromatic carboxylic acids is 1. The van der Waals surface area contributed by atoms with E-state index in [1.165, 1.54) is 24.2 Å². The van der Waals surface area contributed by atoms with Crippen LogP contribution in [-0.4, -0.2) is 35.7 Å². The van der Waals surface area contributed by atoms with Crippen molar-refractivity contribution in [2.24, 2.45) is 13.0 Å². The zero-order valence-electron chi connectivity index (χ0n) is 19.0. The summed E-state index contributed by atoms with van der Waals surface area (Å²) in [4.78, 5) is 29.0. The van der Waals surface area contributed by atoms with Gasteiger partial charge >= 0.3 is 5.97 Å². The molecule has 1 aliphatic rings. The third-order valence-electron chi connectivity index (χ3n) is 6.02. The third kappa shape index (κ3) is 4.28. The van der Waals surface area contributed by atoms with E-state index in [2.05, 4.69) is 17.1 Å². The number of allylic oxidation sites excluding steroid dienone is 1. The van der Waals surface area contributed by atoms with E-state index in [0.717, 1.165) is 5.57 Å². The maximum Gasteiger partial charge on any atom is 0.336 e. The Kier molecular flexibility index (Phi) is 5.81. The van der Waals surface area contributed by atoms with Crippen molar-refractivity contribution in [1.29, 1.82) is 0 Å². The van der Waals surface area contributed by atoms with Gasteiger partial charge in [-0.3, -0.25) is 10.1 Å². The van der Waals surface area contributed by atoms with E-state index < -0.39 is 10.9 Å². The molecule has 0 saturated heterocycles. The summed E-state index contributed by atoms with van der Waals surface area (Å²) < 4.78 is 1.70. The average Bonchev–Trinajstić information content (AvgIpc) is 3.22. The van der Waals surface area contributed by atoms with Crippen LogP contribution in [0.15, 0.2) is 58.8 Å². The molecule has 1 atom stereocenters.